The summed E-state index contributed by atoms with van der Waals surface area (Å²) in [5.41, 5.74) is -1.55. The van der Waals surface area contributed by atoms with Crippen LogP contribution in [0, 0.1) is 10.1 Å². The van der Waals surface area contributed by atoms with Gasteiger partial charge in [0.25, 0.3) is 11.6 Å². The lowest BCUT2D eigenvalue weighted by Crippen LogP contribution is -2.13. The molecule has 2 rings (SSSR count). The molecule has 0 aliphatic rings. The zero-order valence-electron chi connectivity index (χ0n) is 10.3. The number of hydrogen-bond donors (Lipinski definition) is 1. The number of aromatic nitrogens is 1. The number of carbonyl (C=O) groups is 1. The van der Waals surface area contributed by atoms with Crippen LogP contribution in [0.15, 0.2) is 23.6 Å². The summed E-state index contributed by atoms with van der Waals surface area (Å²) in [6, 6.07) is 3.14. The highest BCUT2D eigenvalue weighted by atomic mass is 35.5. The summed E-state index contributed by atoms with van der Waals surface area (Å²) in [4.78, 5) is 25.0. The Hall–Kier alpha value is -2.20. The molecule has 11 heteroatoms. The van der Waals surface area contributed by atoms with Crippen LogP contribution >= 0.6 is 22.9 Å². The number of nitro groups is 1. The van der Waals surface area contributed by atoms with Gasteiger partial charge in [-0.05, 0) is 6.07 Å². The number of amides is 1. The molecule has 22 heavy (non-hydrogen) atoms. The normalized spacial score (nSPS) is 11.3. The Kier molecular flexibility index (Phi) is 4.33. The Morgan fingerprint density at radius 2 is 2.09 bits per heavy atom. The van der Waals surface area contributed by atoms with Gasteiger partial charge in [-0.1, -0.05) is 11.6 Å². The summed E-state index contributed by atoms with van der Waals surface area (Å²) in [6.07, 6.45) is -4.61. The highest BCUT2D eigenvalue weighted by molar-refractivity contribution is 7.14. The monoisotopic (exact) mass is 351 g/mol. The fraction of sp³-hybridized carbons (Fsp3) is 0.0909. The minimum absolute atomic E-state index is 0.115. The number of thiazole rings is 1. The first kappa shape index (κ1) is 16.2. The molecule has 2 aromatic rings. The number of hydrogen-bond acceptors (Lipinski definition) is 5. The van der Waals surface area contributed by atoms with Crippen LogP contribution in [0.5, 0.6) is 0 Å². The molecule has 0 atom stereocenters. The van der Waals surface area contributed by atoms with E-state index < -0.39 is 22.7 Å². The van der Waals surface area contributed by atoms with E-state index in [1.54, 1.807) is 0 Å². The Labute approximate surface area is 129 Å². The third-order valence-electron chi connectivity index (χ3n) is 2.42. The van der Waals surface area contributed by atoms with Crippen molar-refractivity contribution in [1.29, 1.82) is 0 Å². The number of benzene rings is 1. The fourth-order valence-corrected chi connectivity index (χ4v) is 2.40. The van der Waals surface area contributed by atoms with Gasteiger partial charge in [0.05, 0.1) is 15.5 Å². The van der Waals surface area contributed by atoms with Crippen LogP contribution < -0.4 is 5.32 Å². The summed E-state index contributed by atoms with van der Waals surface area (Å²) in [6.45, 7) is 0. The maximum absolute atomic E-state index is 12.4. The van der Waals surface area contributed by atoms with Gasteiger partial charge in [-0.25, -0.2) is 4.98 Å². The number of anilines is 1. The summed E-state index contributed by atoms with van der Waals surface area (Å²) in [5.74, 6) is -0.817. The predicted molar refractivity (Wildman–Crippen MR) is 73.2 cm³/mol. The molecule has 1 amide bonds. The Morgan fingerprint density at radius 3 is 2.59 bits per heavy atom. The lowest BCUT2D eigenvalue weighted by Gasteiger charge is -2.04. The molecule has 0 radical (unpaired) electrons. The number of alkyl halides is 3. The molecule has 1 N–H and O–H groups in total. The predicted octanol–water partition coefficient (Wildman–Crippen LogP) is 3.98. The molecular weight excluding hydrogens is 347 g/mol. The van der Waals surface area contributed by atoms with Gasteiger partial charge in [0.15, 0.2) is 10.8 Å². The topological polar surface area (TPSA) is 85.1 Å². The molecule has 6 nitrogen and oxygen atoms in total. The number of rotatable bonds is 3. The van der Waals surface area contributed by atoms with E-state index in [9.17, 15) is 28.1 Å². The number of nitro benzene ring substituents is 1. The van der Waals surface area contributed by atoms with Crippen LogP contribution in [0.25, 0.3) is 0 Å². The SMILES string of the molecule is O=C(Nc1nc(C(F)(F)F)cs1)c1ccc([N+](=O)[O-])cc1Cl. The molecule has 0 aliphatic carbocycles. The lowest BCUT2D eigenvalue weighted by atomic mass is 10.2. The summed E-state index contributed by atoms with van der Waals surface area (Å²) in [5, 5.41) is 13.0. The van der Waals surface area contributed by atoms with Crippen LogP contribution in [0.3, 0.4) is 0 Å². The Bertz CT molecular complexity index is 748. The molecule has 0 spiro atoms. The molecule has 116 valence electrons. The summed E-state index contributed by atoms with van der Waals surface area (Å²) < 4.78 is 37.2. The van der Waals surface area contributed by atoms with Crippen molar-refractivity contribution in [2.75, 3.05) is 5.32 Å². The molecule has 0 saturated carbocycles. The summed E-state index contributed by atoms with van der Waals surface area (Å²) in [7, 11) is 0. The van der Waals surface area contributed by atoms with E-state index in [0.29, 0.717) is 11.3 Å². The first-order chi connectivity index (χ1) is 10.2. The van der Waals surface area contributed by atoms with E-state index in [1.165, 1.54) is 0 Å². The van der Waals surface area contributed by atoms with Crippen LogP contribution in [0.4, 0.5) is 24.0 Å². The van der Waals surface area contributed by atoms with Gasteiger partial charge in [0.2, 0.25) is 0 Å². The average Bonchev–Trinajstić information content (AvgIpc) is 2.86. The van der Waals surface area contributed by atoms with Gasteiger partial charge in [-0.15, -0.1) is 11.3 Å². The summed E-state index contributed by atoms with van der Waals surface area (Å²) >= 11 is 6.35. The van der Waals surface area contributed by atoms with E-state index in [0.717, 1.165) is 23.6 Å². The number of halogens is 4. The van der Waals surface area contributed by atoms with Crippen LogP contribution in [-0.4, -0.2) is 15.8 Å². The number of nitrogens with zero attached hydrogens (tertiary/aromatic N) is 2. The van der Waals surface area contributed by atoms with Crippen LogP contribution in [0.2, 0.25) is 5.02 Å². The zero-order valence-corrected chi connectivity index (χ0v) is 11.9. The molecular formula is C11H5ClF3N3O3S. The van der Waals surface area contributed by atoms with Crippen molar-refractivity contribution < 1.29 is 22.9 Å². The van der Waals surface area contributed by atoms with E-state index in [2.05, 4.69) is 10.3 Å². The Balaban J connectivity index is 2.19. The van der Waals surface area contributed by atoms with E-state index >= 15 is 0 Å². The first-order valence-electron chi connectivity index (χ1n) is 5.46. The number of carbonyl (C=O) groups excluding carboxylic acids is 1. The van der Waals surface area contributed by atoms with Crippen molar-refractivity contribution in [2.45, 2.75) is 6.18 Å². The van der Waals surface area contributed by atoms with Gasteiger partial charge in [-0.2, -0.15) is 13.2 Å². The Morgan fingerprint density at radius 1 is 1.41 bits per heavy atom. The average molecular weight is 352 g/mol. The number of non-ortho nitro benzene ring substituents is 1. The highest BCUT2D eigenvalue weighted by Gasteiger charge is 2.34. The molecule has 0 bridgehead atoms. The van der Waals surface area contributed by atoms with Crippen molar-refractivity contribution in [3.8, 4) is 0 Å². The van der Waals surface area contributed by atoms with Crippen molar-refractivity contribution in [2.24, 2.45) is 0 Å². The molecule has 1 aromatic heterocycles. The van der Waals surface area contributed by atoms with Crippen molar-refractivity contribution in [1.82, 2.24) is 4.98 Å². The maximum atomic E-state index is 12.4. The van der Waals surface area contributed by atoms with Gasteiger partial charge < -0.3 is 0 Å². The molecule has 0 saturated heterocycles. The lowest BCUT2D eigenvalue weighted by molar-refractivity contribution is -0.384. The van der Waals surface area contributed by atoms with E-state index in [-0.39, 0.29) is 21.4 Å². The smallest absolute Gasteiger partial charge is 0.298 e. The third-order valence-corrected chi connectivity index (χ3v) is 3.49. The van der Waals surface area contributed by atoms with Crippen molar-refractivity contribution >= 4 is 39.7 Å². The quantitative estimate of drug-likeness (QED) is 0.669. The second-order valence-corrected chi connectivity index (χ2v) is 5.18. The van der Waals surface area contributed by atoms with Crippen LogP contribution in [0.1, 0.15) is 16.1 Å². The van der Waals surface area contributed by atoms with Crippen molar-refractivity contribution in [3.63, 3.8) is 0 Å². The first-order valence-corrected chi connectivity index (χ1v) is 6.72. The van der Waals surface area contributed by atoms with E-state index in [1.807, 2.05) is 0 Å². The highest BCUT2D eigenvalue weighted by Crippen LogP contribution is 2.32. The molecule has 0 aliphatic heterocycles. The van der Waals surface area contributed by atoms with Gasteiger partial charge >= 0.3 is 6.18 Å². The van der Waals surface area contributed by atoms with Crippen molar-refractivity contribution in [3.05, 3.63) is 50.0 Å². The molecule has 1 heterocycles. The zero-order chi connectivity index (χ0) is 16.5. The standard InChI is InChI=1S/C11H5ClF3N3O3S/c12-7-3-5(18(20)21)1-2-6(7)9(19)17-10-16-8(4-22-10)11(13,14)15/h1-4H,(H,16,17,19). The van der Waals surface area contributed by atoms with Crippen LogP contribution in [-0.2, 0) is 6.18 Å². The van der Waals surface area contributed by atoms with Gasteiger partial charge in [-0.3, -0.25) is 20.2 Å². The number of nitrogens with one attached hydrogen (secondary N) is 1. The molecule has 0 fully saturated rings. The fourth-order valence-electron chi connectivity index (χ4n) is 1.43. The minimum atomic E-state index is -4.61. The van der Waals surface area contributed by atoms with Gasteiger partial charge in [0, 0.05) is 17.5 Å². The third kappa shape index (κ3) is 3.52. The van der Waals surface area contributed by atoms with Gasteiger partial charge in [0.1, 0.15) is 0 Å². The minimum Gasteiger partial charge on any atom is -0.298 e. The largest absolute Gasteiger partial charge is 0.434 e. The molecule has 1 aromatic carbocycles. The molecule has 0 unspecified atom stereocenters. The maximum Gasteiger partial charge on any atom is 0.434 e. The second kappa shape index (κ2) is 5.89. The second-order valence-electron chi connectivity index (χ2n) is 3.91. The van der Waals surface area contributed by atoms with E-state index in [4.69, 9.17) is 11.6 Å².